The maximum atomic E-state index is 4.45. The number of likely N-dealkylation sites (N-methyl/N-ethyl adjacent to an activating group) is 1. The Hall–Kier alpha value is -1.41. The fourth-order valence-electron chi connectivity index (χ4n) is 2.94. The van der Waals surface area contributed by atoms with E-state index in [-0.39, 0.29) is 0 Å². The quantitative estimate of drug-likeness (QED) is 0.674. The number of pyridine rings is 1. The standard InChI is InChI=1S/C19H28N2/c1-3-4-5-6-7-10-17(20-2)15-16-13-14-21-19-12-9-8-11-18(16)19/h8-9,11-14,17,20H,3-7,10,15H2,1-2H3. The van der Waals surface area contributed by atoms with Gasteiger partial charge in [-0.05, 0) is 37.6 Å². The monoisotopic (exact) mass is 284 g/mol. The molecule has 2 rings (SSSR count). The molecular formula is C19H28N2. The minimum atomic E-state index is 0.567. The third kappa shape index (κ3) is 4.82. The first-order valence-corrected chi connectivity index (χ1v) is 8.35. The van der Waals surface area contributed by atoms with Crippen LogP contribution in [0.4, 0.5) is 0 Å². The molecule has 0 radical (unpaired) electrons. The molecule has 1 heterocycles. The van der Waals surface area contributed by atoms with Gasteiger partial charge in [-0.3, -0.25) is 4.98 Å². The number of nitrogens with one attached hydrogen (secondary N) is 1. The summed E-state index contributed by atoms with van der Waals surface area (Å²) in [7, 11) is 2.08. The molecule has 2 nitrogen and oxygen atoms in total. The first kappa shape index (κ1) is 16.0. The minimum absolute atomic E-state index is 0.567. The normalized spacial score (nSPS) is 12.7. The molecular weight excluding hydrogens is 256 g/mol. The highest BCUT2D eigenvalue weighted by Gasteiger charge is 2.09. The van der Waals surface area contributed by atoms with Gasteiger partial charge < -0.3 is 5.32 Å². The van der Waals surface area contributed by atoms with E-state index in [1.54, 1.807) is 0 Å². The Morgan fingerprint density at radius 2 is 1.86 bits per heavy atom. The Morgan fingerprint density at radius 3 is 2.67 bits per heavy atom. The van der Waals surface area contributed by atoms with Crippen molar-refractivity contribution < 1.29 is 0 Å². The average molecular weight is 284 g/mol. The van der Waals surface area contributed by atoms with Crippen LogP contribution in [-0.2, 0) is 6.42 Å². The zero-order valence-electron chi connectivity index (χ0n) is 13.4. The number of hydrogen-bond donors (Lipinski definition) is 1. The van der Waals surface area contributed by atoms with Crippen molar-refractivity contribution in [1.82, 2.24) is 10.3 Å². The molecule has 0 aliphatic heterocycles. The first-order chi connectivity index (χ1) is 10.3. The second kappa shape index (κ2) is 8.78. The third-order valence-corrected chi connectivity index (χ3v) is 4.27. The molecule has 0 fully saturated rings. The van der Waals surface area contributed by atoms with Gasteiger partial charge in [-0.2, -0.15) is 0 Å². The van der Waals surface area contributed by atoms with Gasteiger partial charge in [0.2, 0.25) is 0 Å². The van der Waals surface area contributed by atoms with Gasteiger partial charge in [0, 0.05) is 17.6 Å². The summed E-state index contributed by atoms with van der Waals surface area (Å²) in [6.07, 6.45) is 11.1. The van der Waals surface area contributed by atoms with Crippen LogP contribution in [0.15, 0.2) is 36.5 Å². The average Bonchev–Trinajstić information content (AvgIpc) is 2.53. The summed E-state index contributed by atoms with van der Waals surface area (Å²) < 4.78 is 0. The van der Waals surface area contributed by atoms with Gasteiger partial charge in [0.25, 0.3) is 0 Å². The van der Waals surface area contributed by atoms with Gasteiger partial charge in [0.05, 0.1) is 5.52 Å². The van der Waals surface area contributed by atoms with Crippen LogP contribution in [0.5, 0.6) is 0 Å². The zero-order valence-corrected chi connectivity index (χ0v) is 13.4. The van der Waals surface area contributed by atoms with Gasteiger partial charge >= 0.3 is 0 Å². The summed E-state index contributed by atoms with van der Waals surface area (Å²) in [6, 6.07) is 11.2. The molecule has 2 aromatic rings. The second-order valence-electron chi connectivity index (χ2n) is 5.88. The highest BCUT2D eigenvalue weighted by molar-refractivity contribution is 5.81. The molecule has 2 heteroatoms. The summed E-state index contributed by atoms with van der Waals surface area (Å²) >= 11 is 0. The van der Waals surface area contributed by atoms with Crippen molar-refractivity contribution in [2.24, 2.45) is 0 Å². The predicted octanol–water partition coefficient (Wildman–Crippen LogP) is 4.73. The Kier molecular flexibility index (Phi) is 6.68. The SMILES string of the molecule is CCCCCCCC(Cc1ccnc2ccccc12)NC. The van der Waals surface area contributed by atoms with Crippen molar-refractivity contribution >= 4 is 10.9 Å². The molecule has 1 aromatic carbocycles. The van der Waals surface area contributed by atoms with Crippen LogP contribution in [0.3, 0.4) is 0 Å². The largest absolute Gasteiger partial charge is 0.317 e. The molecule has 0 saturated heterocycles. The number of unbranched alkanes of at least 4 members (excludes halogenated alkanes) is 4. The van der Waals surface area contributed by atoms with Gasteiger partial charge in [-0.15, -0.1) is 0 Å². The van der Waals surface area contributed by atoms with Crippen LogP contribution in [0, 0.1) is 0 Å². The van der Waals surface area contributed by atoms with E-state index >= 15 is 0 Å². The summed E-state index contributed by atoms with van der Waals surface area (Å²) in [6.45, 7) is 2.27. The van der Waals surface area contributed by atoms with Gasteiger partial charge in [0.1, 0.15) is 0 Å². The highest BCUT2D eigenvalue weighted by atomic mass is 14.9. The molecule has 114 valence electrons. The van der Waals surface area contributed by atoms with Crippen molar-refractivity contribution in [2.75, 3.05) is 7.05 Å². The lowest BCUT2D eigenvalue weighted by Crippen LogP contribution is -2.27. The molecule has 0 saturated carbocycles. The molecule has 21 heavy (non-hydrogen) atoms. The van der Waals surface area contributed by atoms with Crippen LogP contribution in [0.1, 0.15) is 51.0 Å². The number of aromatic nitrogens is 1. The van der Waals surface area contributed by atoms with E-state index in [2.05, 4.69) is 54.6 Å². The van der Waals surface area contributed by atoms with Crippen molar-refractivity contribution in [3.8, 4) is 0 Å². The molecule has 0 amide bonds. The topological polar surface area (TPSA) is 24.9 Å². The highest BCUT2D eigenvalue weighted by Crippen LogP contribution is 2.19. The van der Waals surface area contributed by atoms with E-state index in [4.69, 9.17) is 0 Å². The van der Waals surface area contributed by atoms with Crippen molar-refractivity contribution in [2.45, 2.75) is 57.9 Å². The lowest BCUT2D eigenvalue weighted by atomic mass is 9.97. The fourth-order valence-corrected chi connectivity index (χ4v) is 2.94. The summed E-state index contributed by atoms with van der Waals surface area (Å²) in [4.78, 5) is 4.45. The van der Waals surface area contributed by atoms with E-state index in [1.165, 1.54) is 49.5 Å². The number of rotatable bonds is 9. The molecule has 1 aromatic heterocycles. The number of hydrogen-bond acceptors (Lipinski definition) is 2. The lowest BCUT2D eigenvalue weighted by Gasteiger charge is -2.17. The fraction of sp³-hybridized carbons (Fsp3) is 0.526. The van der Waals surface area contributed by atoms with Crippen LogP contribution in [0.2, 0.25) is 0 Å². The van der Waals surface area contributed by atoms with Crippen LogP contribution >= 0.6 is 0 Å². The summed E-state index contributed by atoms with van der Waals surface area (Å²) in [5, 5.41) is 4.78. The molecule has 1 atom stereocenters. The van der Waals surface area contributed by atoms with Gasteiger partial charge in [-0.1, -0.05) is 57.2 Å². The maximum absolute atomic E-state index is 4.45. The second-order valence-corrected chi connectivity index (χ2v) is 5.88. The Bertz CT molecular complexity index is 531. The van der Waals surface area contributed by atoms with Gasteiger partial charge in [-0.25, -0.2) is 0 Å². The van der Waals surface area contributed by atoms with E-state index in [9.17, 15) is 0 Å². The molecule has 0 spiro atoms. The van der Waals surface area contributed by atoms with Crippen LogP contribution in [-0.4, -0.2) is 18.1 Å². The lowest BCUT2D eigenvalue weighted by molar-refractivity contribution is 0.482. The Morgan fingerprint density at radius 1 is 1.05 bits per heavy atom. The first-order valence-electron chi connectivity index (χ1n) is 8.35. The molecule has 1 N–H and O–H groups in total. The minimum Gasteiger partial charge on any atom is -0.317 e. The number of benzene rings is 1. The van der Waals surface area contributed by atoms with E-state index < -0.39 is 0 Å². The molecule has 0 aliphatic carbocycles. The molecule has 1 unspecified atom stereocenters. The van der Waals surface area contributed by atoms with Crippen LogP contribution < -0.4 is 5.32 Å². The van der Waals surface area contributed by atoms with Crippen molar-refractivity contribution in [3.63, 3.8) is 0 Å². The predicted molar refractivity (Wildman–Crippen MR) is 91.7 cm³/mol. The number of nitrogens with zero attached hydrogens (tertiary/aromatic N) is 1. The number of para-hydroxylation sites is 1. The third-order valence-electron chi connectivity index (χ3n) is 4.27. The van der Waals surface area contributed by atoms with E-state index in [1.807, 2.05) is 6.20 Å². The maximum Gasteiger partial charge on any atom is 0.0704 e. The Labute approximate surface area is 129 Å². The Balaban J connectivity index is 1.94. The van der Waals surface area contributed by atoms with Crippen LogP contribution in [0.25, 0.3) is 10.9 Å². The molecule has 0 bridgehead atoms. The van der Waals surface area contributed by atoms with E-state index in [0.717, 1.165) is 11.9 Å². The smallest absolute Gasteiger partial charge is 0.0704 e. The van der Waals surface area contributed by atoms with Crippen molar-refractivity contribution in [1.29, 1.82) is 0 Å². The van der Waals surface area contributed by atoms with E-state index in [0.29, 0.717) is 6.04 Å². The summed E-state index contributed by atoms with van der Waals surface area (Å²) in [5.41, 5.74) is 2.52. The molecule has 0 aliphatic rings. The van der Waals surface area contributed by atoms with Gasteiger partial charge in [0.15, 0.2) is 0 Å². The zero-order chi connectivity index (χ0) is 14.9. The summed E-state index contributed by atoms with van der Waals surface area (Å²) in [5.74, 6) is 0. The van der Waals surface area contributed by atoms with Crippen molar-refractivity contribution in [3.05, 3.63) is 42.1 Å². The number of fused-ring (bicyclic) bond motifs is 1.